The Hall–Kier alpha value is -2.46. The van der Waals surface area contributed by atoms with Crippen LogP contribution in [0.5, 0.6) is 0 Å². The summed E-state index contributed by atoms with van der Waals surface area (Å²) in [4.78, 5) is 11.2. The van der Waals surface area contributed by atoms with Crippen molar-refractivity contribution in [3.8, 4) is 0 Å². The molecule has 0 aliphatic carbocycles. The van der Waals surface area contributed by atoms with E-state index in [-0.39, 0.29) is 31.3 Å². The molecule has 26 heavy (non-hydrogen) atoms. The number of hydrogen-bond donors (Lipinski definition) is 1. The molecule has 0 fully saturated rings. The van der Waals surface area contributed by atoms with Gasteiger partial charge in [-0.1, -0.05) is 13.0 Å². The van der Waals surface area contributed by atoms with Crippen LogP contribution in [0.4, 0.5) is 13.2 Å². The Kier molecular flexibility index (Phi) is 5.98. The highest BCUT2D eigenvalue weighted by molar-refractivity contribution is 7.59. The average Bonchev–Trinajstić information content (AvgIpc) is 3.07. The molecule has 10 heteroatoms. The molecule has 2 atom stereocenters. The fraction of sp³-hybridized carbons (Fsp3) is 0.250. The van der Waals surface area contributed by atoms with Gasteiger partial charge >= 0.3 is 0 Å². The van der Waals surface area contributed by atoms with Gasteiger partial charge in [0.25, 0.3) is 0 Å². The molecule has 0 bridgehead atoms. The Morgan fingerprint density at radius 1 is 1.15 bits per heavy atom. The second-order valence-corrected chi connectivity index (χ2v) is 5.62. The molecule has 6 nitrogen and oxygen atoms in total. The number of halogens is 3. The van der Waals surface area contributed by atoms with E-state index in [0.717, 1.165) is 24.7 Å². The zero-order valence-corrected chi connectivity index (χ0v) is 14.6. The van der Waals surface area contributed by atoms with Gasteiger partial charge in [-0.2, -0.15) is 18.6 Å². The van der Waals surface area contributed by atoms with Gasteiger partial charge in [-0.15, -0.1) is 0 Å². The summed E-state index contributed by atoms with van der Waals surface area (Å²) in [6.45, 7) is 1.26. The van der Waals surface area contributed by atoms with E-state index in [9.17, 15) is 18.3 Å². The predicted molar refractivity (Wildman–Crippen MR) is 91.1 cm³/mol. The van der Waals surface area contributed by atoms with Crippen LogP contribution in [0.3, 0.4) is 0 Å². The average molecular weight is 383 g/mol. The molecule has 0 spiro atoms. The molecule has 0 aliphatic heterocycles. The van der Waals surface area contributed by atoms with Crippen LogP contribution in [0.1, 0.15) is 24.1 Å². The van der Waals surface area contributed by atoms with Crippen molar-refractivity contribution in [3.05, 3.63) is 72.1 Å². The molecule has 3 rings (SSSR count). The van der Waals surface area contributed by atoms with Crippen molar-refractivity contribution >= 4 is 13.5 Å². The van der Waals surface area contributed by atoms with Crippen molar-refractivity contribution in [2.45, 2.75) is 25.0 Å². The monoisotopic (exact) mass is 383 g/mol. The van der Waals surface area contributed by atoms with Crippen LogP contribution in [-0.4, -0.2) is 29.8 Å². The second-order valence-electron chi connectivity index (χ2n) is 5.62. The van der Waals surface area contributed by atoms with Crippen molar-refractivity contribution < 1.29 is 18.3 Å². The minimum Gasteiger partial charge on any atom is -0.382 e. The topological polar surface area (TPSA) is 76.7 Å². The zero-order chi connectivity index (χ0) is 18.0. The normalized spacial score (nSPS) is 14.3. The summed E-state index contributed by atoms with van der Waals surface area (Å²) in [5, 5.41) is 15.2. The predicted octanol–water partition coefficient (Wildman–Crippen LogP) is 2.29. The van der Waals surface area contributed by atoms with Gasteiger partial charge < -0.3 is 5.11 Å². The Balaban J connectivity index is 0.00000243. The van der Waals surface area contributed by atoms with E-state index >= 15 is 0 Å². The smallest absolute Gasteiger partial charge is 0.163 e. The van der Waals surface area contributed by atoms with E-state index in [0.29, 0.717) is 6.07 Å². The molecule has 0 saturated carbocycles. The van der Waals surface area contributed by atoms with Gasteiger partial charge in [0.05, 0.1) is 18.4 Å². The van der Waals surface area contributed by atoms with E-state index in [1.807, 2.05) is 0 Å². The molecular weight excluding hydrogens is 367 g/mol. The molecule has 0 saturated heterocycles. The van der Waals surface area contributed by atoms with Crippen molar-refractivity contribution in [3.63, 3.8) is 0 Å². The molecule has 0 radical (unpaired) electrons. The standard InChI is InChI=1S/C16H14F3N5O.H2S/c1-10(15-14(19)5-20-7-22-15)16(25,6-24-9-21-8-23-24)12-3-2-11(17)4-13(12)18;/h2-5,7-10,25H,6H2,1H3;1H2/t10-,16+;/m0./s1. The van der Waals surface area contributed by atoms with Gasteiger partial charge in [0.1, 0.15) is 36.2 Å². The second kappa shape index (κ2) is 7.83. The summed E-state index contributed by atoms with van der Waals surface area (Å²) < 4.78 is 43.0. The molecule has 1 N–H and O–H groups in total. The van der Waals surface area contributed by atoms with Crippen molar-refractivity contribution in [1.29, 1.82) is 0 Å². The fourth-order valence-corrected chi connectivity index (χ4v) is 2.72. The van der Waals surface area contributed by atoms with Gasteiger partial charge in [0, 0.05) is 17.5 Å². The summed E-state index contributed by atoms with van der Waals surface area (Å²) in [5.41, 5.74) is -2.25. The summed E-state index contributed by atoms with van der Waals surface area (Å²) in [6, 6.07) is 2.80. The highest BCUT2D eigenvalue weighted by Crippen LogP contribution is 2.39. The summed E-state index contributed by atoms with van der Waals surface area (Å²) >= 11 is 0. The Morgan fingerprint density at radius 2 is 1.92 bits per heavy atom. The minimum atomic E-state index is -1.96. The van der Waals surface area contributed by atoms with E-state index in [4.69, 9.17) is 0 Å². The van der Waals surface area contributed by atoms with Gasteiger partial charge in [-0.3, -0.25) is 0 Å². The zero-order valence-electron chi connectivity index (χ0n) is 13.6. The first-order valence-electron chi connectivity index (χ1n) is 7.37. The molecule has 0 aliphatic rings. The lowest BCUT2D eigenvalue weighted by Crippen LogP contribution is -2.39. The highest BCUT2D eigenvalue weighted by Gasteiger charge is 2.41. The van der Waals surface area contributed by atoms with Crippen LogP contribution in [-0.2, 0) is 12.1 Å². The van der Waals surface area contributed by atoms with Crippen LogP contribution >= 0.6 is 13.5 Å². The number of aliphatic hydroxyl groups is 1. The first-order chi connectivity index (χ1) is 11.9. The first-order valence-corrected chi connectivity index (χ1v) is 7.37. The maximum atomic E-state index is 14.4. The van der Waals surface area contributed by atoms with E-state index < -0.39 is 29.0 Å². The molecule has 2 heterocycles. The van der Waals surface area contributed by atoms with Crippen LogP contribution in [0, 0.1) is 17.5 Å². The summed E-state index contributed by atoms with van der Waals surface area (Å²) in [7, 11) is 0. The lowest BCUT2D eigenvalue weighted by Gasteiger charge is -2.34. The minimum absolute atomic E-state index is 0. The van der Waals surface area contributed by atoms with E-state index in [1.54, 1.807) is 0 Å². The van der Waals surface area contributed by atoms with Crippen LogP contribution in [0.2, 0.25) is 0 Å². The number of benzene rings is 1. The van der Waals surface area contributed by atoms with Crippen molar-refractivity contribution in [1.82, 2.24) is 24.7 Å². The van der Waals surface area contributed by atoms with Crippen LogP contribution in [0.25, 0.3) is 0 Å². The Bertz CT molecular complexity index is 880. The summed E-state index contributed by atoms with van der Waals surface area (Å²) in [5.74, 6) is -3.47. The molecule has 0 amide bonds. The highest BCUT2D eigenvalue weighted by atomic mass is 32.1. The van der Waals surface area contributed by atoms with Gasteiger partial charge in [-0.05, 0) is 6.07 Å². The molecule has 0 unspecified atom stereocenters. The Labute approximate surface area is 154 Å². The van der Waals surface area contributed by atoms with E-state index in [1.165, 1.54) is 24.3 Å². The van der Waals surface area contributed by atoms with Gasteiger partial charge in [0.15, 0.2) is 5.82 Å². The van der Waals surface area contributed by atoms with Gasteiger partial charge in [-0.25, -0.2) is 32.8 Å². The third-order valence-corrected chi connectivity index (χ3v) is 4.09. The number of hydrogen-bond acceptors (Lipinski definition) is 5. The molecule has 1 aromatic carbocycles. The quantitative estimate of drug-likeness (QED) is 0.732. The first kappa shape index (κ1) is 19.9. The summed E-state index contributed by atoms with van der Waals surface area (Å²) in [6.07, 6.45) is 4.66. The van der Waals surface area contributed by atoms with Crippen molar-refractivity contribution in [2.24, 2.45) is 0 Å². The Morgan fingerprint density at radius 3 is 2.54 bits per heavy atom. The van der Waals surface area contributed by atoms with Crippen LogP contribution < -0.4 is 0 Å². The van der Waals surface area contributed by atoms with Crippen molar-refractivity contribution in [2.75, 3.05) is 0 Å². The SMILES string of the molecule is C[C@@H](c1ncncc1F)[C@](O)(Cn1cncn1)c1ccc(F)cc1F.S. The molecule has 2 aromatic heterocycles. The number of aromatic nitrogens is 5. The van der Waals surface area contributed by atoms with Crippen LogP contribution in [0.15, 0.2) is 43.4 Å². The number of nitrogens with zero attached hydrogens (tertiary/aromatic N) is 5. The largest absolute Gasteiger partial charge is 0.382 e. The van der Waals surface area contributed by atoms with E-state index in [2.05, 4.69) is 20.1 Å². The maximum Gasteiger partial charge on any atom is 0.163 e. The third-order valence-electron chi connectivity index (χ3n) is 4.09. The van der Waals surface area contributed by atoms with Gasteiger partial charge in [0.2, 0.25) is 0 Å². The fourth-order valence-electron chi connectivity index (χ4n) is 2.72. The molecule has 138 valence electrons. The number of rotatable bonds is 5. The lowest BCUT2D eigenvalue weighted by molar-refractivity contribution is -0.0133. The lowest BCUT2D eigenvalue weighted by atomic mass is 9.79. The third kappa shape index (κ3) is 3.70. The molecule has 3 aromatic rings. The maximum absolute atomic E-state index is 14.4. The molecular formula is C16H16F3N5OS.